The molecule has 2 heterocycles. The maximum absolute atomic E-state index is 14.0. The predicted molar refractivity (Wildman–Crippen MR) is 176 cm³/mol. The van der Waals surface area contributed by atoms with Gasteiger partial charge in [-0.3, -0.25) is 9.59 Å². The molecule has 260 valence electrons. The van der Waals surface area contributed by atoms with Crippen LogP contribution in [-0.2, 0) is 28.5 Å². The van der Waals surface area contributed by atoms with Crippen molar-refractivity contribution in [2.45, 2.75) is 115 Å². The van der Waals surface area contributed by atoms with Crippen LogP contribution in [0.5, 0.6) is 0 Å². The Hall–Kier alpha value is -3.25. The number of nitrogens with zero attached hydrogens (tertiary/aromatic N) is 1. The first kappa shape index (κ1) is 36.6. The highest BCUT2D eigenvalue weighted by Gasteiger charge is 2.53. The molecule has 4 rings (SSSR count). The van der Waals surface area contributed by atoms with E-state index in [2.05, 4.69) is 19.2 Å². The van der Waals surface area contributed by atoms with Crippen molar-refractivity contribution in [2.24, 2.45) is 0 Å². The van der Waals surface area contributed by atoms with E-state index in [-0.39, 0.29) is 44.6 Å². The van der Waals surface area contributed by atoms with Crippen LogP contribution in [-0.4, -0.2) is 95.9 Å². The number of benzene rings is 1. The molecule has 1 aromatic carbocycles. The first-order valence-corrected chi connectivity index (χ1v) is 17.3. The van der Waals surface area contributed by atoms with Crippen molar-refractivity contribution >= 4 is 23.9 Å². The molecule has 1 aliphatic carbocycles. The number of nitrogens with one attached hydrogen (secondary N) is 1. The number of hydrogen-bond donors (Lipinski definition) is 3. The minimum absolute atomic E-state index is 0.119. The standard InChI is InChI=1S/C36H52N2O9/c1-3-5-9-16-36(17-10-6-4-2)46-31-25-27(34(42)38-19-11-14-29(38)33(41)37-18-20-39)24-30(32(31)47-36)45-35(43)28-13-8-7-12-26(28)15-22-44-23-21-40/h7-8,12-13,15,22,25,29-32,39-40H,3-6,9-11,14,16-21,23-24H2,1-2H3,(H,37,41). The summed E-state index contributed by atoms with van der Waals surface area (Å²) in [6, 6.07) is 6.35. The van der Waals surface area contributed by atoms with E-state index >= 15 is 0 Å². The van der Waals surface area contributed by atoms with E-state index in [9.17, 15) is 19.5 Å². The maximum atomic E-state index is 14.0. The monoisotopic (exact) mass is 656 g/mol. The van der Waals surface area contributed by atoms with Crippen molar-refractivity contribution < 1.29 is 43.5 Å². The van der Waals surface area contributed by atoms with Crippen molar-refractivity contribution in [1.82, 2.24) is 10.2 Å². The van der Waals surface area contributed by atoms with Gasteiger partial charge in [0.1, 0.15) is 31.0 Å². The highest BCUT2D eigenvalue weighted by Crippen LogP contribution is 2.43. The van der Waals surface area contributed by atoms with Crippen molar-refractivity contribution in [3.05, 3.63) is 53.3 Å². The lowest BCUT2D eigenvalue weighted by Gasteiger charge is -2.33. The van der Waals surface area contributed by atoms with Gasteiger partial charge in [-0.25, -0.2) is 4.79 Å². The Bertz CT molecular complexity index is 1240. The zero-order chi connectivity index (χ0) is 33.6. The van der Waals surface area contributed by atoms with Crippen LogP contribution in [0.2, 0.25) is 0 Å². The van der Waals surface area contributed by atoms with Gasteiger partial charge in [0.05, 0.1) is 25.0 Å². The van der Waals surface area contributed by atoms with Crippen molar-refractivity contribution in [3.8, 4) is 0 Å². The van der Waals surface area contributed by atoms with E-state index < -0.39 is 36.1 Å². The number of rotatable bonds is 18. The molecule has 2 fully saturated rings. The highest BCUT2D eigenvalue weighted by molar-refractivity contribution is 5.98. The molecule has 4 unspecified atom stereocenters. The average Bonchev–Trinajstić information content (AvgIpc) is 3.71. The number of likely N-dealkylation sites (tertiary alicyclic amines) is 1. The fourth-order valence-electron chi connectivity index (χ4n) is 6.63. The Morgan fingerprint density at radius 3 is 2.49 bits per heavy atom. The first-order valence-electron chi connectivity index (χ1n) is 17.3. The maximum Gasteiger partial charge on any atom is 0.339 e. The summed E-state index contributed by atoms with van der Waals surface area (Å²) in [4.78, 5) is 42.2. The minimum atomic E-state index is -0.843. The number of hydrogen-bond acceptors (Lipinski definition) is 9. The number of esters is 1. The van der Waals surface area contributed by atoms with E-state index in [0.29, 0.717) is 48.9 Å². The second kappa shape index (κ2) is 18.3. The average molecular weight is 657 g/mol. The fourth-order valence-corrected chi connectivity index (χ4v) is 6.63. The van der Waals surface area contributed by atoms with E-state index in [1.807, 2.05) is 6.08 Å². The number of unbranched alkanes of at least 4 members (excludes halogenated alkanes) is 4. The summed E-state index contributed by atoms with van der Waals surface area (Å²) in [6.45, 7) is 4.67. The summed E-state index contributed by atoms with van der Waals surface area (Å²) in [5, 5.41) is 20.9. The summed E-state index contributed by atoms with van der Waals surface area (Å²) < 4.78 is 24.9. The molecule has 11 heteroatoms. The van der Waals surface area contributed by atoms with Crippen LogP contribution < -0.4 is 5.32 Å². The Morgan fingerprint density at radius 1 is 1.04 bits per heavy atom. The van der Waals surface area contributed by atoms with Crippen LogP contribution in [0.1, 0.15) is 100 Å². The van der Waals surface area contributed by atoms with Crippen molar-refractivity contribution in [3.63, 3.8) is 0 Å². The van der Waals surface area contributed by atoms with E-state index in [1.54, 1.807) is 35.2 Å². The van der Waals surface area contributed by atoms with Crippen molar-refractivity contribution in [1.29, 1.82) is 0 Å². The van der Waals surface area contributed by atoms with Gasteiger partial charge in [-0.15, -0.1) is 0 Å². The summed E-state index contributed by atoms with van der Waals surface area (Å²) in [6.07, 6.45) is 11.7. The predicted octanol–water partition coefficient (Wildman–Crippen LogP) is 4.26. The minimum Gasteiger partial charge on any atom is -0.499 e. The summed E-state index contributed by atoms with van der Waals surface area (Å²) in [5.74, 6) is -1.98. The number of carbonyl (C=O) groups excluding carboxylic acids is 3. The molecule has 2 saturated heterocycles. The van der Waals surface area contributed by atoms with Crippen LogP contribution in [0.4, 0.5) is 0 Å². The molecular formula is C36H52N2O9. The molecule has 3 aliphatic rings. The first-order chi connectivity index (χ1) is 22.9. The largest absolute Gasteiger partial charge is 0.499 e. The number of aliphatic hydroxyl groups excluding tert-OH is 2. The van der Waals surface area contributed by atoms with Crippen LogP contribution >= 0.6 is 0 Å². The van der Waals surface area contributed by atoms with Gasteiger partial charge < -0.3 is 39.4 Å². The van der Waals surface area contributed by atoms with Crippen LogP contribution in [0.15, 0.2) is 42.2 Å². The van der Waals surface area contributed by atoms with Gasteiger partial charge in [-0.1, -0.05) is 57.7 Å². The van der Waals surface area contributed by atoms with Crippen molar-refractivity contribution in [2.75, 3.05) is 32.9 Å². The normalized spacial score (nSPS) is 23.4. The molecule has 0 radical (unpaired) electrons. The third kappa shape index (κ3) is 9.65. The lowest BCUT2D eigenvalue weighted by Crippen LogP contribution is -2.49. The zero-order valence-corrected chi connectivity index (χ0v) is 27.9. The van der Waals surface area contributed by atoms with E-state index in [1.165, 1.54) is 6.26 Å². The van der Waals surface area contributed by atoms with Gasteiger partial charge in [-0.2, -0.15) is 0 Å². The fraction of sp³-hybridized carbons (Fsp3) is 0.639. The molecule has 2 aliphatic heterocycles. The quantitative estimate of drug-likeness (QED) is 0.120. The summed E-state index contributed by atoms with van der Waals surface area (Å²) in [7, 11) is 0. The van der Waals surface area contributed by atoms with Gasteiger partial charge in [-0.05, 0) is 49.5 Å². The van der Waals surface area contributed by atoms with Crippen LogP contribution in [0.25, 0.3) is 6.08 Å². The number of carbonyl (C=O) groups is 3. The number of aliphatic hydroxyl groups is 2. The van der Waals surface area contributed by atoms with Gasteiger partial charge in [0.15, 0.2) is 5.79 Å². The molecule has 0 bridgehead atoms. The molecule has 47 heavy (non-hydrogen) atoms. The van der Waals surface area contributed by atoms with Gasteiger partial charge in [0.2, 0.25) is 11.8 Å². The molecule has 4 atom stereocenters. The highest BCUT2D eigenvalue weighted by atomic mass is 16.8. The molecule has 0 saturated carbocycles. The Labute approximate surface area is 278 Å². The summed E-state index contributed by atoms with van der Waals surface area (Å²) >= 11 is 0. The smallest absolute Gasteiger partial charge is 0.339 e. The van der Waals surface area contributed by atoms with Gasteiger partial charge >= 0.3 is 5.97 Å². The Balaban J connectivity index is 1.62. The van der Waals surface area contributed by atoms with Gasteiger partial charge in [0.25, 0.3) is 0 Å². The molecule has 11 nitrogen and oxygen atoms in total. The van der Waals surface area contributed by atoms with E-state index in [4.69, 9.17) is 24.1 Å². The lowest BCUT2D eigenvalue weighted by atomic mass is 9.91. The SMILES string of the molecule is CCCCCC1(CCCCC)OC2C=C(C(=O)N3CCCC3C(=O)NCCO)CC(OC(=O)c3ccccc3C=COCCO)C2O1. The van der Waals surface area contributed by atoms with E-state index in [0.717, 1.165) is 38.5 Å². The van der Waals surface area contributed by atoms with Crippen LogP contribution in [0, 0.1) is 0 Å². The second-order valence-corrected chi connectivity index (χ2v) is 12.5. The zero-order valence-electron chi connectivity index (χ0n) is 27.9. The Kier molecular flexibility index (Phi) is 14.3. The number of amides is 2. The summed E-state index contributed by atoms with van der Waals surface area (Å²) in [5.41, 5.74) is 1.34. The van der Waals surface area contributed by atoms with Gasteiger partial charge in [0, 0.05) is 37.9 Å². The third-order valence-electron chi connectivity index (χ3n) is 9.00. The molecule has 1 aromatic rings. The molecular weight excluding hydrogens is 604 g/mol. The van der Waals surface area contributed by atoms with Crippen LogP contribution in [0.3, 0.4) is 0 Å². The topological polar surface area (TPSA) is 144 Å². The lowest BCUT2D eigenvalue weighted by molar-refractivity contribution is -0.190. The molecule has 0 spiro atoms. The molecule has 0 aromatic heterocycles. The molecule has 2 amide bonds. The number of fused-ring (bicyclic) bond motifs is 1. The third-order valence-corrected chi connectivity index (χ3v) is 9.00. The molecule has 3 N–H and O–H groups in total. The second-order valence-electron chi connectivity index (χ2n) is 12.5. The Morgan fingerprint density at radius 2 is 1.79 bits per heavy atom. The number of ether oxygens (including phenoxy) is 4.